The number of rotatable bonds is 0. The van der Waals surface area contributed by atoms with Crippen molar-refractivity contribution in [1.29, 1.82) is 0 Å². The Labute approximate surface area is 69.4 Å². The highest BCUT2D eigenvalue weighted by atomic mass is 35.5. The van der Waals surface area contributed by atoms with Gasteiger partial charge in [0.2, 0.25) is 5.28 Å². The van der Waals surface area contributed by atoms with E-state index in [1.807, 2.05) is 0 Å². The molecule has 1 aliphatic heterocycles. The maximum atomic E-state index is 5.78. The summed E-state index contributed by atoms with van der Waals surface area (Å²) < 4.78 is 1.79. The van der Waals surface area contributed by atoms with Crippen LogP contribution in [0, 0.1) is 0 Å². The lowest BCUT2D eigenvalue weighted by Gasteiger charge is -2.17. The zero-order valence-corrected chi connectivity index (χ0v) is 6.75. The second-order valence-electron chi connectivity index (χ2n) is 2.71. The summed E-state index contributed by atoms with van der Waals surface area (Å²) in [7, 11) is 0. The predicted molar refractivity (Wildman–Crippen MR) is 41.2 cm³/mol. The second kappa shape index (κ2) is 2.46. The Morgan fingerprint density at radius 3 is 3.18 bits per heavy atom. The maximum absolute atomic E-state index is 5.78. The molecule has 5 heteroatoms. The molecule has 1 unspecified atom stereocenters. The Bertz CT molecular complexity index is 270. The van der Waals surface area contributed by atoms with E-state index in [1.54, 1.807) is 4.68 Å². The molecule has 0 aromatic carbocycles. The molecule has 0 saturated heterocycles. The first kappa shape index (κ1) is 7.06. The van der Waals surface area contributed by atoms with Gasteiger partial charge in [0.1, 0.15) is 5.82 Å². The number of hydrogen-bond acceptors (Lipinski definition) is 3. The molecule has 2 rings (SSSR count). The van der Waals surface area contributed by atoms with E-state index in [2.05, 4.69) is 10.1 Å². The first-order valence-electron chi connectivity index (χ1n) is 3.63. The van der Waals surface area contributed by atoms with Crippen molar-refractivity contribution >= 4 is 11.6 Å². The van der Waals surface area contributed by atoms with Gasteiger partial charge in [0.05, 0.1) is 6.04 Å². The number of fused-ring (bicyclic) bond motifs is 1. The van der Waals surface area contributed by atoms with Crippen molar-refractivity contribution in [2.75, 3.05) is 0 Å². The lowest BCUT2D eigenvalue weighted by molar-refractivity contribution is 0.422. The molecule has 0 fully saturated rings. The normalized spacial score (nSPS) is 23.3. The number of nitrogens with two attached hydrogens (primary N) is 1. The van der Waals surface area contributed by atoms with Crippen LogP contribution in [-0.4, -0.2) is 14.8 Å². The van der Waals surface area contributed by atoms with Crippen LogP contribution < -0.4 is 5.73 Å². The fourth-order valence-electron chi connectivity index (χ4n) is 1.35. The molecule has 0 spiro atoms. The maximum Gasteiger partial charge on any atom is 0.242 e. The van der Waals surface area contributed by atoms with Crippen LogP contribution in [0.1, 0.15) is 24.7 Å². The number of aromatic nitrogens is 3. The van der Waals surface area contributed by atoms with Crippen molar-refractivity contribution in [3.63, 3.8) is 0 Å². The van der Waals surface area contributed by atoms with Crippen LogP contribution in [0.15, 0.2) is 0 Å². The van der Waals surface area contributed by atoms with E-state index in [9.17, 15) is 0 Å². The van der Waals surface area contributed by atoms with Crippen LogP contribution in [0.25, 0.3) is 0 Å². The standard InChI is InChI=1S/C6H9ClN4/c7-6-9-5-4(8)2-1-3-11(5)10-6/h4H,1-3,8H2. The smallest absolute Gasteiger partial charge is 0.242 e. The highest BCUT2D eigenvalue weighted by Gasteiger charge is 2.19. The van der Waals surface area contributed by atoms with Gasteiger partial charge < -0.3 is 5.73 Å². The van der Waals surface area contributed by atoms with Gasteiger partial charge in [-0.25, -0.2) is 9.67 Å². The van der Waals surface area contributed by atoms with Gasteiger partial charge in [0.25, 0.3) is 0 Å². The lowest BCUT2D eigenvalue weighted by atomic mass is 10.1. The third-order valence-electron chi connectivity index (χ3n) is 1.89. The summed E-state index contributed by atoms with van der Waals surface area (Å²) in [6.07, 6.45) is 2.04. The minimum atomic E-state index is 0.0174. The molecule has 2 heterocycles. The summed E-state index contributed by atoms with van der Waals surface area (Å²) in [5.74, 6) is 0.821. The van der Waals surface area contributed by atoms with Crippen LogP contribution in [-0.2, 0) is 6.54 Å². The first-order chi connectivity index (χ1) is 5.27. The molecule has 0 bridgehead atoms. The van der Waals surface area contributed by atoms with Gasteiger partial charge in [-0.15, -0.1) is 5.10 Å². The highest BCUT2D eigenvalue weighted by molar-refractivity contribution is 6.28. The number of aryl methyl sites for hydroxylation is 1. The van der Waals surface area contributed by atoms with Crippen LogP contribution in [0.4, 0.5) is 0 Å². The topological polar surface area (TPSA) is 56.7 Å². The fraction of sp³-hybridized carbons (Fsp3) is 0.667. The molecule has 1 aromatic rings. The van der Waals surface area contributed by atoms with Crippen LogP contribution in [0.3, 0.4) is 0 Å². The Hall–Kier alpha value is -0.610. The van der Waals surface area contributed by atoms with E-state index in [4.69, 9.17) is 17.3 Å². The largest absolute Gasteiger partial charge is 0.321 e. The molecule has 0 amide bonds. The summed E-state index contributed by atoms with van der Waals surface area (Å²) in [5, 5.41) is 4.30. The van der Waals surface area contributed by atoms with E-state index >= 15 is 0 Å². The molecule has 2 N–H and O–H groups in total. The van der Waals surface area contributed by atoms with Gasteiger partial charge in [-0.3, -0.25) is 0 Å². The minimum Gasteiger partial charge on any atom is -0.321 e. The second-order valence-corrected chi connectivity index (χ2v) is 3.05. The third kappa shape index (κ3) is 1.12. The minimum absolute atomic E-state index is 0.0174. The number of halogens is 1. The van der Waals surface area contributed by atoms with Gasteiger partial charge in [-0.05, 0) is 24.4 Å². The molecular formula is C6H9ClN4. The Morgan fingerprint density at radius 1 is 1.64 bits per heavy atom. The quantitative estimate of drug-likeness (QED) is 0.628. The summed E-state index contributed by atoms with van der Waals surface area (Å²) in [6, 6.07) is 0.0174. The summed E-state index contributed by atoms with van der Waals surface area (Å²) >= 11 is 5.62. The molecule has 1 aliphatic rings. The molecule has 60 valence electrons. The first-order valence-corrected chi connectivity index (χ1v) is 4.01. The van der Waals surface area contributed by atoms with Crippen LogP contribution in [0.5, 0.6) is 0 Å². The van der Waals surface area contributed by atoms with E-state index < -0.39 is 0 Å². The van der Waals surface area contributed by atoms with Gasteiger partial charge >= 0.3 is 0 Å². The fourth-order valence-corrected chi connectivity index (χ4v) is 1.53. The van der Waals surface area contributed by atoms with Gasteiger partial charge in [-0.2, -0.15) is 0 Å². The molecule has 4 nitrogen and oxygen atoms in total. The zero-order chi connectivity index (χ0) is 7.84. The van der Waals surface area contributed by atoms with Crippen molar-refractivity contribution in [3.05, 3.63) is 11.1 Å². The third-order valence-corrected chi connectivity index (χ3v) is 2.05. The molecular weight excluding hydrogens is 164 g/mol. The average molecular weight is 173 g/mol. The SMILES string of the molecule is NC1CCCn2nc(Cl)nc21. The van der Waals surface area contributed by atoms with E-state index in [-0.39, 0.29) is 6.04 Å². The van der Waals surface area contributed by atoms with Crippen molar-refractivity contribution < 1.29 is 0 Å². The molecule has 0 aliphatic carbocycles. The van der Waals surface area contributed by atoms with Crippen molar-refractivity contribution in [2.45, 2.75) is 25.4 Å². The number of hydrogen-bond donors (Lipinski definition) is 1. The average Bonchev–Trinajstić information content (AvgIpc) is 2.31. The Morgan fingerprint density at radius 2 is 2.45 bits per heavy atom. The van der Waals surface area contributed by atoms with Crippen LogP contribution >= 0.6 is 11.6 Å². The van der Waals surface area contributed by atoms with E-state index in [1.165, 1.54) is 0 Å². The van der Waals surface area contributed by atoms with Crippen LogP contribution in [0.2, 0.25) is 5.28 Å². The molecule has 1 atom stereocenters. The zero-order valence-electron chi connectivity index (χ0n) is 6.00. The predicted octanol–water partition coefficient (Wildman–Crippen LogP) is 0.725. The van der Waals surface area contributed by atoms with Crippen molar-refractivity contribution in [1.82, 2.24) is 14.8 Å². The molecule has 1 aromatic heterocycles. The molecule has 0 radical (unpaired) electrons. The highest BCUT2D eigenvalue weighted by Crippen LogP contribution is 2.21. The number of nitrogens with zero attached hydrogens (tertiary/aromatic N) is 3. The Balaban J connectivity index is 2.43. The van der Waals surface area contributed by atoms with Gasteiger partial charge in [0, 0.05) is 6.54 Å². The lowest BCUT2D eigenvalue weighted by Crippen LogP contribution is -2.22. The molecule has 11 heavy (non-hydrogen) atoms. The van der Waals surface area contributed by atoms with Crippen molar-refractivity contribution in [3.8, 4) is 0 Å². The summed E-state index contributed by atoms with van der Waals surface area (Å²) in [4.78, 5) is 4.02. The monoisotopic (exact) mass is 172 g/mol. The van der Waals surface area contributed by atoms with E-state index in [0.29, 0.717) is 5.28 Å². The van der Waals surface area contributed by atoms with Gasteiger partial charge in [0.15, 0.2) is 0 Å². The summed E-state index contributed by atoms with van der Waals surface area (Å²) in [6.45, 7) is 0.892. The molecule has 0 saturated carbocycles. The van der Waals surface area contributed by atoms with Gasteiger partial charge in [-0.1, -0.05) is 0 Å². The summed E-state index contributed by atoms with van der Waals surface area (Å²) in [5.41, 5.74) is 5.78. The van der Waals surface area contributed by atoms with E-state index in [0.717, 1.165) is 25.2 Å². The Kier molecular flexibility index (Phi) is 1.58. The van der Waals surface area contributed by atoms with Crippen molar-refractivity contribution in [2.24, 2.45) is 5.73 Å².